The van der Waals surface area contributed by atoms with Gasteiger partial charge in [-0.05, 0) is 50.5 Å². The van der Waals surface area contributed by atoms with Gasteiger partial charge in [-0.1, -0.05) is 11.6 Å². The number of hydrogen-bond donors (Lipinski definition) is 0. The maximum Gasteiger partial charge on any atom is 0.161 e. The second-order valence-corrected chi connectivity index (χ2v) is 5.85. The van der Waals surface area contributed by atoms with Crippen LogP contribution in [0.5, 0.6) is 0 Å². The normalized spacial score (nSPS) is 12.3. The summed E-state index contributed by atoms with van der Waals surface area (Å²) >= 11 is 7.98. The van der Waals surface area contributed by atoms with Crippen molar-refractivity contribution in [2.24, 2.45) is 0 Å². The summed E-state index contributed by atoms with van der Waals surface area (Å²) in [6.45, 7) is 3.73. The maximum absolute atomic E-state index is 11.3. The van der Waals surface area contributed by atoms with Crippen LogP contribution >= 0.6 is 23.4 Å². The van der Waals surface area contributed by atoms with Crippen molar-refractivity contribution in [1.29, 1.82) is 0 Å². The van der Waals surface area contributed by atoms with Gasteiger partial charge in [0.2, 0.25) is 0 Å². The summed E-state index contributed by atoms with van der Waals surface area (Å²) in [4.78, 5) is 13.5. The quantitative estimate of drug-likeness (QED) is 0.733. The largest absolute Gasteiger partial charge is 0.372 e. The van der Waals surface area contributed by atoms with Crippen molar-refractivity contribution in [3.63, 3.8) is 0 Å². The van der Waals surface area contributed by atoms with Crippen LogP contribution < -0.4 is 4.90 Å². The van der Waals surface area contributed by atoms with Gasteiger partial charge < -0.3 is 4.90 Å². The molecular weight excluding hydrogens is 266 g/mol. The van der Waals surface area contributed by atoms with Crippen LogP contribution in [0, 0.1) is 0 Å². The molecule has 4 heteroatoms. The molecule has 0 N–H and O–H groups in total. The molecule has 18 heavy (non-hydrogen) atoms. The maximum atomic E-state index is 11.3. The lowest BCUT2D eigenvalue weighted by Crippen LogP contribution is -2.29. The second kappa shape index (κ2) is 7.05. The Balaban J connectivity index is 2.83. The molecule has 1 aromatic carbocycles. The zero-order chi connectivity index (χ0) is 13.7. The van der Waals surface area contributed by atoms with Crippen molar-refractivity contribution in [3.05, 3.63) is 28.8 Å². The molecule has 0 aromatic heterocycles. The third-order valence-corrected chi connectivity index (χ3v) is 4.10. The van der Waals surface area contributed by atoms with Gasteiger partial charge in [-0.15, -0.1) is 0 Å². The van der Waals surface area contributed by atoms with E-state index in [0.717, 1.165) is 17.9 Å². The van der Waals surface area contributed by atoms with Crippen molar-refractivity contribution in [2.75, 3.05) is 24.0 Å². The molecule has 100 valence electrons. The van der Waals surface area contributed by atoms with Crippen LogP contribution in [0.1, 0.15) is 30.6 Å². The van der Waals surface area contributed by atoms with E-state index in [1.54, 1.807) is 6.07 Å². The average molecular weight is 286 g/mol. The Morgan fingerprint density at radius 2 is 2.17 bits per heavy atom. The van der Waals surface area contributed by atoms with Crippen LogP contribution in [-0.4, -0.2) is 30.9 Å². The summed E-state index contributed by atoms with van der Waals surface area (Å²) in [5, 5.41) is 0.531. The molecule has 2 nitrogen and oxygen atoms in total. The van der Waals surface area contributed by atoms with Crippen LogP contribution in [0.2, 0.25) is 5.02 Å². The summed E-state index contributed by atoms with van der Waals surface area (Å²) in [6, 6.07) is 6.08. The van der Waals surface area contributed by atoms with Gasteiger partial charge in [0.15, 0.2) is 5.78 Å². The summed E-state index contributed by atoms with van der Waals surface area (Å²) in [5.41, 5.74) is 1.64. The highest BCUT2D eigenvalue weighted by molar-refractivity contribution is 7.98. The Bertz CT molecular complexity index is 422. The van der Waals surface area contributed by atoms with Crippen LogP contribution in [0.25, 0.3) is 0 Å². The Labute approximate surface area is 119 Å². The highest BCUT2D eigenvalue weighted by atomic mass is 35.5. The van der Waals surface area contributed by atoms with E-state index in [-0.39, 0.29) is 5.78 Å². The molecule has 0 radical (unpaired) electrons. The van der Waals surface area contributed by atoms with E-state index in [4.69, 9.17) is 11.6 Å². The first-order valence-electron chi connectivity index (χ1n) is 5.99. The fourth-order valence-corrected chi connectivity index (χ4v) is 2.63. The van der Waals surface area contributed by atoms with E-state index in [1.807, 2.05) is 23.9 Å². The summed E-state index contributed by atoms with van der Waals surface area (Å²) < 4.78 is 0. The van der Waals surface area contributed by atoms with Crippen LogP contribution in [-0.2, 0) is 0 Å². The molecule has 0 fully saturated rings. The number of hydrogen-bond acceptors (Lipinski definition) is 3. The molecule has 0 aliphatic carbocycles. The highest BCUT2D eigenvalue weighted by Crippen LogP contribution is 2.25. The lowest BCUT2D eigenvalue weighted by atomic mass is 10.1. The topological polar surface area (TPSA) is 20.3 Å². The lowest BCUT2D eigenvalue weighted by molar-refractivity contribution is 0.101. The zero-order valence-corrected chi connectivity index (χ0v) is 12.9. The van der Waals surface area contributed by atoms with Gasteiger partial charge in [-0.2, -0.15) is 11.8 Å². The number of ketones is 1. The van der Waals surface area contributed by atoms with Gasteiger partial charge in [0.25, 0.3) is 0 Å². The summed E-state index contributed by atoms with van der Waals surface area (Å²) in [6.07, 6.45) is 3.25. The van der Waals surface area contributed by atoms with Crippen LogP contribution in [0.4, 0.5) is 5.69 Å². The minimum absolute atomic E-state index is 0.00429. The molecule has 0 amide bonds. The monoisotopic (exact) mass is 285 g/mol. The van der Waals surface area contributed by atoms with E-state index in [1.165, 1.54) is 6.92 Å². The fraction of sp³-hybridized carbons (Fsp3) is 0.500. The number of Topliss-reactive ketones (excluding diaryl/α,β-unsaturated/α-hetero) is 1. The molecule has 0 spiro atoms. The van der Waals surface area contributed by atoms with Gasteiger partial charge in [0, 0.05) is 24.3 Å². The van der Waals surface area contributed by atoms with E-state index in [0.29, 0.717) is 16.6 Å². The Hall–Kier alpha value is -0.670. The van der Waals surface area contributed by atoms with Crippen LogP contribution in [0.3, 0.4) is 0 Å². The molecule has 0 aliphatic heterocycles. The SMILES string of the molecule is CSCCC(C)N(C)c1ccc(C(C)=O)c(Cl)c1. The number of benzene rings is 1. The smallest absolute Gasteiger partial charge is 0.161 e. The first-order valence-corrected chi connectivity index (χ1v) is 7.76. The molecule has 1 rings (SSSR count). The second-order valence-electron chi connectivity index (χ2n) is 4.46. The Morgan fingerprint density at radius 3 is 2.67 bits per heavy atom. The van der Waals surface area contributed by atoms with Gasteiger partial charge in [0.05, 0.1) is 5.02 Å². The molecule has 1 aromatic rings. The van der Waals surface area contributed by atoms with Gasteiger partial charge in [0.1, 0.15) is 0 Å². The molecule has 0 bridgehead atoms. The summed E-state index contributed by atoms with van der Waals surface area (Å²) in [5.74, 6) is 1.15. The van der Waals surface area contributed by atoms with Gasteiger partial charge >= 0.3 is 0 Å². The highest BCUT2D eigenvalue weighted by Gasteiger charge is 2.12. The number of anilines is 1. The predicted octanol–water partition coefficient (Wildman–Crippen LogP) is 4.12. The molecule has 1 unspecified atom stereocenters. The predicted molar refractivity (Wildman–Crippen MR) is 82.3 cm³/mol. The van der Waals surface area contributed by atoms with Crippen molar-refractivity contribution in [1.82, 2.24) is 0 Å². The Kier molecular flexibility index (Phi) is 6.03. The number of nitrogens with zero attached hydrogens (tertiary/aromatic N) is 1. The average Bonchev–Trinajstić information content (AvgIpc) is 2.34. The minimum atomic E-state index is 0.00429. The van der Waals surface area contributed by atoms with Crippen molar-refractivity contribution in [3.8, 4) is 0 Å². The number of carbonyl (C=O) groups is 1. The first-order chi connectivity index (χ1) is 8.47. The third kappa shape index (κ3) is 3.92. The zero-order valence-electron chi connectivity index (χ0n) is 11.4. The fourth-order valence-electron chi connectivity index (χ4n) is 1.75. The van der Waals surface area contributed by atoms with Crippen molar-refractivity contribution < 1.29 is 4.79 Å². The standard InChI is InChI=1S/C14H20ClNOS/c1-10(7-8-18-4)16(3)12-5-6-13(11(2)17)14(15)9-12/h5-6,9-10H,7-8H2,1-4H3. The molecule has 0 aliphatic rings. The van der Waals surface area contributed by atoms with Crippen molar-refractivity contribution in [2.45, 2.75) is 26.3 Å². The lowest BCUT2D eigenvalue weighted by Gasteiger charge is -2.27. The van der Waals surface area contributed by atoms with Crippen LogP contribution in [0.15, 0.2) is 18.2 Å². The molecule has 0 saturated carbocycles. The van der Waals surface area contributed by atoms with E-state index in [2.05, 4.69) is 25.1 Å². The number of halogens is 1. The molecule has 1 atom stereocenters. The third-order valence-electron chi connectivity index (χ3n) is 3.14. The first kappa shape index (κ1) is 15.4. The van der Waals surface area contributed by atoms with Crippen molar-refractivity contribution >= 4 is 34.8 Å². The van der Waals surface area contributed by atoms with E-state index >= 15 is 0 Å². The number of rotatable bonds is 6. The number of carbonyl (C=O) groups excluding carboxylic acids is 1. The minimum Gasteiger partial charge on any atom is -0.372 e. The number of thioether (sulfide) groups is 1. The van der Waals surface area contributed by atoms with Gasteiger partial charge in [-0.3, -0.25) is 4.79 Å². The van der Waals surface area contributed by atoms with Gasteiger partial charge in [-0.25, -0.2) is 0 Å². The van der Waals surface area contributed by atoms with E-state index < -0.39 is 0 Å². The molecule has 0 saturated heterocycles. The molecular formula is C14H20ClNOS. The Morgan fingerprint density at radius 1 is 1.50 bits per heavy atom. The van der Waals surface area contributed by atoms with E-state index in [9.17, 15) is 4.79 Å². The summed E-state index contributed by atoms with van der Waals surface area (Å²) in [7, 11) is 2.06. The molecule has 0 heterocycles.